The van der Waals surface area contributed by atoms with Crippen LogP contribution in [0.4, 0.5) is 10.5 Å². The van der Waals surface area contributed by atoms with Gasteiger partial charge in [0.2, 0.25) is 0 Å². The summed E-state index contributed by atoms with van der Waals surface area (Å²) in [5.41, 5.74) is -0.853. The van der Waals surface area contributed by atoms with Crippen LogP contribution in [-0.4, -0.2) is 41.4 Å². The van der Waals surface area contributed by atoms with E-state index in [0.29, 0.717) is 5.75 Å². The highest BCUT2D eigenvalue weighted by molar-refractivity contribution is 7.54. The van der Waals surface area contributed by atoms with E-state index in [1.54, 1.807) is 51.1 Å². The van der Waals surface area contributed by atoms with Crippen LogP contribution < -0.4 is 14.4 Å². The number of nitro groups is 1. The predicted octanol–water partition coefficient (Wildman–Crippen LogP) is 5.09. The van der Waals surface area contributed by atoms with Crippen LogP contribution in [0.5, 0.6) is 11.5 Å². The summed E-state index contributed by atoms with van der Waals surface area (Å²) in [6.45, 7) is 6.44. The minimum Gasteiger partial charge on any atom is -0.464 e. The third kappa shape index (κ3) is 10.1. The SMILES string of the molecule is C[C@H](NC(=O)OC(C)(C)C)C(=O)OCCCP(=O)(Oc1ccccc1)Oc1ccc([N+](=O)[O-])cc1. The summed E-state index contributed by atoms with van der Waals surface area (Å²) in [5, 5.41) is 13.2. The molecule has 0 radical (unpaired) electrons. The molecule has 0 aliphatic heterocycles. The van der Waals surface area contributed by atoms with Crippen LogP contribution >= 0.6 is 7.60 Å². The number of rotatable bonds is 11. The summed E-state index contributed by atoms with van der Waals surface area (Å²) < 4.78 is 34.9. The van der Waals surface area contributed by atoms with Gasteiger partial charge in [-0.25, -0.2) is 14.2 Å². The van der Waals surface area contributed by atoms with Crippen LogP contribution in [0.15, 0.2) is 54.6 Å². The molecule has 1 amide bonds. The molecule has 1 N–H and O–H groups in total. The second-order valence-electron chi connectivity index (χ2n) is 8.47. The number of ether oxygens (including phenoxy) is 2. The highest BCUT2D eigenvalue weighted by Gasteiger charge is 2.29. The standard InChI is InChI=1S/C23H29N2O9P/c1-17(24-22(27)32-23(2,3)4)21(26)31-15-8-16-35(30,33-19-9-6-5-7-10-19)34-20-13-11-18(12-14-20)25(28)29/h5-7,9-14,17H,8,15-16H2,1-4H3,(H,24,27)/t17-,35?/m0/s1. The molecule has 0 aromatic heterocycles. The van der Waals surface area contributed by atoms with Crippen LogP contribution in [-0.2, 0) is 18.8 Å². The van der Waals surface area contributed by atoms with Crippen LogP contribution in [0.3, 0.4) is 0 Å². The highest BCUT2D eigenvalue weighted by atomic mass is 31.2. The Balaban J connectivity index is 1.96. The Hall–Kier alpha value is -3.59. The van der Waals surface area contributed by atoms with Crippen molar-refractivity contribution in [1.82, 2.24) is 5.32 Å². The fraction of sp³-hybridized carbons (Fsp3) is 0.391. The molecule has 35 heavy (non-hydrogen) atoms. The number of amides is 1. The van der Waals surface area contributed by atoms with E-state index in [9.17, 15) is 24.3 Å². The quantitative estimate of drug-likeness (QED) is 0.144. The van der Waals surface area contributed by atoms with Crippen molar-refractivity contribution in [1.29, 1.82) is 0 Å². The van der Waals surface area contributed by atoms with Gasteiger partial charge >= 0.3 is 19.7 Å². The van der Waals surface area contributed by atoms with Crippen molar-refractivity contribution < 1.29 is 37.6 Å². The first-order chi connectivity index (χ1) is 16.4. The number of benzene rings is 2. The minimum absolute atomic E-state index is 0.106. The molecular weight excluding hydrogens is 479 g/mol. The Morgan fingerprint density at radius 2 is 1.60 bits per heavy atom. The normalized spacial score (nSPS) is 13.6. The summed E-state index contributed by atoms with van der Waals surface area (Å²) >= 11 is 0. The van der Waals surface area contributed by atoms with Crippen molar-refractivity contribution in [3.63, 3.8) is 0 Å². The molecule has 2 atom stereocenters. The van der Waals surface area contributed by atoms with Crippen LogP contribution in [0.1, 0.15) is 34.1 Å². The lowest BCUT2D eigenvalue weighted by Crippen LogP contribution is -2.42. The molecule has 0 bridgehead atoms. The monoisotopic (exact) mass is 508 g/mol. The summed E-state index contributed by atoms with van der Waals surface area (Å²) in [7, 11) is -3.78. The topological polar surface area (TPSA) is 143 Å². The summed E-state index contributed by atoms with van der Waals surface area (Å²) in [5.74, 6) is -0.252. The number of nitrogens with one attached hydrogen (secondary N) is 1. The molecule has 0 saturated heterocycles. The molecule has 1 unspecified atom stereocenters. The molecule has 0 aliphatic rings. The van der Waals surface area contributed by atoms with Gasteiger partial charge < -0.3 is 23.8 Å². The van der Waals surface area contributed by atoms with Gasteiger partial charge in [0.1, 0.15) is 23.1 Å². The lowest BCUT2D eigenvalue weighted by Gasteiger charge is -2.21. The van der Waals surface area contributed by atoms with E-state index in [1.807, 2.05) is 0 Å². The average Bonchev–Trinajstić information content (AvgIpc) is 2.76. The molecule has 0 saturated carbocycles. The van der Waals surface area contributed by atoms with E-state index in [1.165, 1.54) is 31.2 Å². The Bertz CT molecular complexity index is 1050. The van der Waals surface area contributed by atoms with Crippen LogP contribution in [0, 0.1) is 10.1 Å². The van der Waals surface area contributed by atoms with Gasteiger partial charge in [0, 0.05) is 12.1 Å². The number of non-ortho nitro benzene ring substituents is 1. The molecule has 2 aromatic carbocycles. The maximum atomic E-state index is 13.4. The van der Waals surface area contributed by atoms with E-state index in [4.69, 9.17) is 18.5 Å². The lowest BCUT2D eigenvalue weighted by atomic mass is 10.2. The number of hydrogen-bond acceptors (Lipinski definition) is 9. The number of carbonyl (C=O) groups is 2. The van der Waals surface area contributed by atoms with E-state index in [0.717, 1.165) is 0 Å². The van der Waals surface area contributed by atoms with Gasteiger partial charge in [-0.1, -0.05) is 18.2 Å². The fourth-order valence-corrected chi connectivity index (χ4v) is 4.26. The van der Waals surface area contributed by atoms with Gasteiger partial charge in [0.15, 0.2) is 0 Å². The largest absolute Gasteiger partial charge is 0.464 e. The van der Waals surface area contributed by atoms with E-state index >= 15 is 0 Å². The molecule has 12 heteroatoms. The molecule has 11 nitrogen and oxygen atoms in total. The molecule has 0 spiro atoms. The summed E-state index contributed by atoms with van der Waals surface area (Å²) in [4.78, 5) is 34.2. The first-order valence-corrected chi connectivity index (χ1v) is 12.5. The zero-order chi connectivity index (χ0) is 26.1. The molecule has 0 fully saturated rings. The van der Waals surface area contributed by atoms with Crippen LogP contribution in [0.25, 0.3) is 0 Å². The summed E-state index contributed by atoms with van der Waals surface area (Å²) in [6.07, 6.45) is -0.735. The number of hydrogen-bond donors (Lipinski definition) is 1. The van der Waals surface area contributed by atoms with E-state index in [2.05, 4.69) is 5.32 Å². The zero-order valence-corrected chi connectivity index (χ0v) is 20.9. The Labute approximate surface area is 203 Å². The van der Waals surface area contributed by atoms with Crippen molar-refractivity contribution in [3.05, 3.63) is 64.7 Å². The van der Waals surface area contributed by atoms with Crippen molar-refractivity contribution in [2.45, 2.75) is 45.8 Å². The van der Waals surface area contributed by atoms with Gasteiger partial charge in [-0.05, 0) is 58.4 Å². The van der Waals surface area contributed by atoms with Crippen molar-refractivity contribution in [2.75, 3.05) is 12.8 Å². The minimum atomic E-state index is -3.78. The molecule has 0 heterocycles. The number of esters is 1. The maximum Gasteiger partial charge on any atom is 0.430 e. The lowest BCUT2D eigenvalue weighted by molar-refractivity contribution is -0.384. The molecular formula is C23H29N2O9P. The van der Waals surface area contributed by atoms with E-state index in [-0.39, 0.29) is 30.6 Å². The fourth-order valence-electron chi connectivity index (χ4n) is 2.64. The molecule has 0 aliphatic carbocycles. The molecule has 190 valence electrons. The third-order valence-electron chi connectivity index (χ3n) is 4.19. The predicted molar refractivity (Wildman–Crippen MR) is 128 cm³/mol. The first kappa shape index (κ1) is 27.7. The second-order valence-corrected chi connectivity index (χ2v) is 10.5. The van der Waals surface area contributed by atoms with Crippen molar-refractivity contribution in [3.8, 4) is 11.5 Å². The first-order valence-electron chi connectivity index (χ1n) is 10.8. The summed E-state index contributed by atoms with van der Waals surface area (Å²) in [6, 6.07) is 12.5. The van der Waals surface area contributed by atoms with Gasteiger partial charge in [-0.2, -0.15) is 0 Å². The zero-order valence-electron chi connectivity index (χ0n) is 20.0. The number of para-hydroxylation sites is 1. The Morgan fingerprint density at radius 1 is 1.03 bits per heavy atom. The van der Waals surface area contributed by atoms with Crippen LogP contribution in [0.2, 0.25) is 0 Å². The Morgan fingerprint density at radius 3 is 2.14 bits per heavy atom. The number of carbonyl (C=O) groups excluding carboxylic acids is 2. The highest BCUT2D eigenvalue weighted by Crippen LogP contribution is 2.49. The van der Waals surface area contributed by atoms with E-state index < -0.39 is 36.2 Å². The second kappa shape index (κ2) is 12.2. The van der Waals surface area contributed by atoms with Gasteiger partial charge in [0.05, 0.1) is 17.7 Å². The molecule has 2 aromatic rings. The number of nitro benzene ring substituents is 1. The third-order valence-corrected chi connectivity index (χ3v) is 6.03. The number of nitrogens with zero attached hydrogens (tertiary/aromatic N) is 1. The smallest absolute Gasteiger partial charge is 0.430 e. The van der Waals surface area contributed by atoms with Gasteiger partial charge in [-0.15, -0.1) is 0 Å². The van der Waals surface area contributed by atoms with Gasteiger partial charge in [-0.3, -0.25) is 10.1 Å². The van der Waals surface area contributed by atoms with Crippen molar-refractivity contribution >= 4 is 25.3 Å². The number of alkyl carbamates (subject to hydrolysis) is 1. The molecule has 2 rings (SSSR count). The van der Waals surface area contributed by atoms with Crippen molar-refractivity contribution in [2.24, 2.45) is 0 Å². The average molecular weight is 508 g/mol. The maximum absolute atomic E-state index is 13.4. The van der Waals surface area contributed by atoms with Gasteiger partial charge in [0.25, 0.3) is 5.69 Å². The Kier molecular flexibility index (Phi) is 9.65.